The fraction of sp³-hybridized carbons (Fsp3) is 0.943. The molecule has 3 aliphatic heterocycles. The third-order valence-corrected chi connectivity index (χ3v) is 12.6. The highest BCUT2D eigenvalue weighted by Gasteiger charge is 2.42. The lowest BCUT2D eigenvalue weighted by Crippen LogP contribution is -2.51. The van der Waals surface area contributed by atoms with Crippen LogP contribution in [-0.4, -0.2) is 117 Å². The van der Waals surface area contributed by atoms with Crippen LogP contribution in [0.2, 0.25) is 0 Å². The number of aliphatic hydroxyl groups is 1. The van der Waals surface area contributed by atoms with Gasteiger partial charge in [-0.05, 0) is 107 Å². The van der Waals surface area contributed by atoms with Crippen molar-refractivity contribution in [2.24, 2.45) is 41.4 Å². The van der Waals surface area contributed by atoms with E-state index < -0.39 is 6.10 Å². The molecule has 45 heavy (non-hydrogen) atoms. The monoisotopic (exact) mass is 632 g/mol. The van der Waals surface area contributed by atoms with Gasteiger partial charge in [-0.2, -0.15) is 0 Å². The van der Waals surface area contributed by atoms with Crippen LogP contribution in [0.15, 0.2) is 0 Å². The molecule has 256 valence electrons. The number of aliphatic hydroxyl groups excluding tert-OH is 1. The minimum atomic E-state index is -0.549. The summed E-state index contributed by atoms with van der Waals surface area (Å²) in [5, 5.41) is 17.2. The number of nitrogens with zero attached hydrogens (tertiary/aromatic N) is 2. The molecule has 3 saturated heterocycles. The number of rotatable bonds is 10. The van der Waals surface area contributed by atoms with Gasteiger partial charge in [0.05, 0.1) is 37.8 Å². The zero-order chi connectivity index (χ0) is 31.3. The predicted octanol–water partition coefficient (Wildman–Crippen LogP) is 2.63. The summed E-state index contributed by atoms with van der Waals surface area (Å²) in [6, 6.07) is 0. The molecule has 9 atom stereocenters. The molecular weight excluding hydrogens is 572 g/mol. The van der Waals surface area contributed by atoms with Gasteiger partial charge in [-0.3, -0.25) is 14.9 Å². The lowest BCUT2D eigenvalue weighted by molar-refractivity contribution is -0.141. The largest absolute Gasteiger partial charge is 0.390 e. The van der Waals surface area contributed by atoms with Crippen molar-refractivity contribution in [1.29, 1.82) is 0 Å². The average Bonchev–Trinajstić information content (AvgIpc) is 3.60. The molecule has 3 aliphatic carbocycles. The summed E-state index contributed by atoms with van der Waals surface area (Å²) in [5.41, 5.74) is 0. The molecule has 8 unspecified atom stereocenters. The number of methoxy groups -OCH3 is 1. The zero-order valence-corrected chi connectivity index (χ0v) is 27.9. The maximum Gasteiger partial charge on any atom is 0.225 e. The van der Waals surface area contributed by atoms with Gasteiger partial charge in [-0.25, -0.2) is 0 Å². The number of β-amino-alcohol motifs (C(OH)–C–C–N with tert-alkyl or cyclic N) is 1. The second-order valence-electron chi connectivity index (χ2n) is 15.4. The van der Waals surface area contributed by atoms with E-state index in [1.54, 1.807) is 7.11 Å². The van der Waals surface area contributed by atoms with Crippen molar-refractivity contribution in [2.75, 3.05) is 66.3 Å². The molecule has 10 nitrogen and oxygen atoms in total. The number of amides is 2. The summed E-state index contributed by atoms with van der Waals surface area (Å²) >= 11 is 0. The number of carbonyl (C=O) groups is 2. The second-order valence-corrected chi connectivity index (χ2v) is 15.4. The molecule has 6 aliphatic rings. The smallest absolute Gasteiger partial charge is 0.225 e. The number of piperidine rings is 2. The molecule has 0 aromatic heterocycles. The van der Waals surface area contributed by atoms with E-state index in [4.69, 9.17) is 14.2 Å². The van der Waals surface area contributed by atoms with Gasteiger partial charge < -0.3 is 34.4 Å². The molecule has 3 saturated carbocycles. The third-order valence-electron chi connectivity index (χ3n) is 12.6. The van der Waals surface area contributed by atoms with Gasteiger partial charge in [0, 0.05) is 58.2 Å². The topological polar surface area (TPSA) is 113 Å². The standard InChI is InChI=1S/C35H60N4O6/c1-23-32-12-13-38(18-28(32)7-10-33(23)44-21-31-17-36-22-45-31)20-29(40)16-37-34(41)26-3-4-27-19-39(14-11-25(27)15-26)35(42)24-5-8-30(43-2)9-6-24/h23-33,36,40H,3-22H2,1-2H3,(H,37,41)/t23?,24?,25?,26?,27?,28?,29-,30?,31?,32?,33?/m0/s1. The molecule has 2 amide bonds. The van der Waals surface area contributed by atoms with Crippen molar-refractivity contribution < 1.29 is 28.9 Å². The summed E-state index contributed by atoms with van der Waals surface area (Å²) in [5.74, 6) is 3.54. The molecular formula is C35H60N4O6. The Morgan fingerprint density at radius 1 is 0.956 bits per heavy atom. The Bertz CT molecular complexity index is 972. The number of nitrogens with one attached hydrogen (secondary N) is 2. The van der Waals surface area contributed by atoms with E-state index in [2.05, 4.69) is 27.4 Å². The summed E-state index contributed by atoms with van der Waals surface area (Å²) in [6.45, 7) is 9.22. The Kier molecular flexibility index (Phi) is 11.7. The van der Waals surface area contributed by atoms with Crippen molar-refractivity contribution in [3.63, 3.8) is 0 Å². The van der Waals surface area contributed by atoms with Crippen molar-refractivity contribution >= 4 is 11.8 Å². The van der Waals surface area contributed by atoms with Crippen LogP contribution < -0.4 is 10.6 Å². The van der Waals surface area contributed by atoms with Crippen LogP contribution in [0.4, 0.5) is 0 Å². The molecule has 3 heterocycles. The fourth-order valence-corrected chi connectivity index (χ4v) is 9.82. The van der Waals surface area contributed by atoms with Crippen LogP contribution in [0.3, 0.4) is 0 Å². The Hall–Kier alpha value is -1.30. The molecule has 6 fully saturated rings. The SMILES string of the molecule is COC1CCC(C(=O)N2CCC3CC(C(=O)NC[C@H](O)CN4CCC5C(CCC(OCC6CNCO6)C5C)C4)CCC3C2)CC1. The van der Waals surface area contributed by atoms with Gasteiger partial charge in [-0.1, -0.05) is 6.92 Å². The first-order valence-electron chi connectivity index (χ1n) is 18.3. The number of fused-ring (bicyclic) bond motifs is 2. The minimum absolute atomic E-state index is 0.0242. The molecule has 0 aromatic rings. The first-order chi connectivity index (χ1) is 21.9. The van der Waals surface area contributed by atoms with E-state index in [0.29, 0.717) is 74.1 Å². The van der Waals surface area contributed by atoms with E-state index in [9.17, 15) is 14.7 Å². The van der Waals surface area contributed by atoms with Crippen molar-refractivity contribution in [3.05, 3.63) is 0 Å². The Labute approximate surface area is 270 Å². The maximum absolute atomic E-state index is 13.2. The van der Waals surface area contributed by atoms with Crippen LogP contribution in [-0.2, 0) is 23.8 Å². The van der Waals surface area contributed by atoms with Crippen LogP contribution >= 0.6 is 0 Å². The van der Waals surface area contributed by atoms with E-state index >= 15 is 0 Å². The number of hydrogen-bond acceptors (Lipinski definition) is 8. The maximum atomic E-state index is 13.2. The molecule has 0 aromatic carbocycles. The van der Waals surface area contributed by atoms with Crippen LogP contribution in [0.5, 0.6) is 0 Å². The van der Waals surface area contributed by atoms with E-state index in [0.717, 1.165) is 96.9 Å². The lowest BCUT2D eigenvalue weighted by Gasteiger charge is -2.47. The second kappa shape index (κ2) is 15.7. The summed E-state index contributed by atoms with van der Waals surface area (Å²) < 4.78 is 17.5. The summed E-state index contributed by atoms with van der Waals surface area (Å²) in [6.07, 6.45) is 11.4. The lowest BCUT2D eigenvalue weighted by atomic mass is 9.68. The van der Waals surface area contributed by atoms with Gasteiger partial charge in [0.25, 0.3) is 0 Å². The van der Waals surface area contributed by atoms with E-state index in [-0.39, 0.29) is 23.8 Å². The van der Waals surface area contributed by atoms with Gasteiger partial charge in [0.1, 0.15) is 0 Å². The van der Waals surface area contributed by atoms with Crippen LogP contribution in [0.25, 0.3) is 0 Å². The highest BCUT2D eigenvalue weighted by molar-refractivity contribution is 5.79. The first kappa shape index (κ1) is 33.6. The van der Waals surface area contributed by atoms with Crippen LogP contribution in [0.1, 0.15) is 77.6 Å². The highest BCUT2D eigenvalue weighted by atomic mass is 16.5. The van der Waals surface area contributed by atoms with Crippen molar-refractivity contribution in [2.45, 2.75) is 102 Å². The average molecular weight is 633 g/mol. The summed E-state index contributed by atoms with van der Waals surface area (Å²) in [7, 11) is 1.77. The third kappa shape index (κ3) is 8.41. The Balaban J connectivity index is 0.870. The van der Waals surface area contributed by atoms with Crippen molar-refractivity contribution in [1.82, 2.24) is 20.4 Å². The number of carbonyl (C=O) groups excluding carboxylic acids is 2. The molecule has 0 radical (unpaired) electrons. The molecule has 3 N–H and O–H groups in total. The molecule has 0 bridgehead atoms. The van der Waals surface area contributed by atoms with Crippen molar-refractivity contribution in [3.8, 4) is 0 Å². The highest BCUT2D eigenvalue weighted by Crippen LogP contribution is 2.42. The first-order valence-corrected chi connectivity index (χ1v) is 18.3. The Morgan fingerprint density at radius 2 is 1.76 bits per heavy atom. The Morgan fingerprint density at radius 3 is 2.53 bits per heavy atom. The number of ether oxygens (including phenoxy) is 3. The number of likely N-dealkylation sites (tertiary alicyclic amines) is 2. The van der Waals surface area contributed by atoms with E-state index in [1.807, 2.05) is 0 Å². The quantitative estimate of drug-likeness (QED) is 0.337. The predicted molar refractivity (Wildman–Crippen MR) is 171 cm³/mol. The van der Waals surface area contributed by atoms with Gasteiger partial charge in [0.15, 0.2) is 0 Å². The molecule has 6 rings (SSSR count). The molecule has 0 spiro atoms. The van der Waals surface area contributed by atoms with Gasteiger partial charge in [0.2, 0.25) is 11.8 Å². The van der Waals surface area contributed by atoms with Gasteiger partial charge >= 0.3 is 0 Å². The number of hydrogen-bond donors (Lipinski definition) is 3. The van der Waals surface area contributed by atoms with Gasteiger partial charge in [-0.15, -0.1) is 0 Å². The normalized spacial score (nSPS) is 39.9. The summed E-state index contributed by atoms with van der Waals surface area (Å²) in [4.78, 5) is 30.9. The minimum Gasteiger partial charge on any atom is -0.390 e. The fourth-order valence-electron chi connectivity index (χ4n) is 9.82. The van der Waals surface area contributed by atoms with Crippen LogP contribution in [0, 0.1) is 41.4 Å². The van der Waals surface area contributed by atoms with E-state index in [1.165, 1.54) is 6.42 Å². The zero-order valence-electron chi connectivity index (χ0n) is 27.9. The molecule has 10 heteroatoms.